The van der Waals surface area contributed by atoms with Gasteiger partial charge >= 0.3 is 0 Å². The van der Waals surface area contributed by atoms with E-state index in [1.807, 2.05) is 109 Å². The molecule has 0 spiro atoms. The second kappa shape index (κ2) is 13.3. The van der Waals surface area contributed by atoms with Gasteiger partial charge in [0.2, 0.25) is 0 Å². The molecule has 0 amide bonds. The van der Waals surface area contributed by atoms with Crippen LogP contribution < -0.4 is 0 Å². The maximum atomic E-state index is 9.62. The van der Waals surface area contributed by atoms with E-state index >= 15 is 0 Å². The van der Waals surface area contributed by atoms with Crippen LogP contribution in [0.15, 0.2) is 194 Å². The Morgan fingerprint density at radius 3 is 1.77 bits per heavy atom. The molecule has 4 nitrogen and oxygen atoms in total. The van der Waals surface area contributed by atoms with Crippen LogP contribution in [0.5, 0.6) is 0 Å². The Morgan fingerprint density at radius 1 is 0.411 bits per heavy atom. The van der Waals surface area contributed by atoms with Gasteiger partial charge in [-0.1, -0.05) is 158 Å². The number of benzene rings is 8. The van der Waals surface area contributed by atoms with Gasteiger partial charge in [0.25, 0.3) is 0 Å². The van der Waals surface area contributed by atoms with Gasteiger partial charge in [0.15, 0.2) is 17.5 Å². The summed E-state index contributed by atoms with van der Waals surface area (Å²) in [6.45, 7) is 0. The molecular formula is C51H32N4S. The quantitative estimate of drug-likeness (QED) is 0.171. The van der Waals surface area contributed by atoms with E-state index in [0.717, 1.165) is 49.7 Å². The summed E-state index contributed by atoms with van der Waals surface area (Å²) in [5.41, 5.74) is 7.84. The second-order valence-electron chi connectivity index (χ2n) is 13.5. The van der Waals surface area contributed by atoms with E-state index < -0.39 is 0 Å². The number of fused-ring (bicyclic) bond motifs is 6. The fraction of sp³-hybridized carbons (Fsp3) is 0. The summed E-state index contributed by atoms with van der Waals surface area (Å²) >= 11 is 1.22. The predicted octanol–water partition coefficient (Wildman–Crippen LogP) is 13.7. The van der Waals surface area contributed by atoms with E-state index in [4.69, 9.17) is 20.4 Å². The molecule has 0 N–H and O–H groups in total. The van der Waals surface area contributed by atoms with Crippen LogP contribution in [0.1, 0.15) is 8.22 Å². The van der Waals surface area contributed by atoms with Gasteiger partial charge in [-0.3, -0.25) is 0 Å². The van der Waals surface area contributed by atoms with Crippen molar-refractivity contribution in [2.45, 2.75) is 0 Å². The van der Waals surface area contributed by atoms with Crippen molar-refractivity contribution in [2.75, 3.05) is 0 Å². The molecule has 0 aliphatic carbocycles. The lowest BCUT2D eigenvalue weighted by Crippen LogP contribution is -2.02. The summed E-state index contributed by atoms with van der Waals surface area (Å²) < 4.78 is 57.4. The maximum Gasteiger partial charge on any atom is 0.164 e. The highest BCUT2D eigenvalue weighted by Gasteiger charge is 2.21. The molecule has 0 fully saturated rings. The Hall–Kier alpha value is -7.21. The van der Waals surface area contributed by atoms with E-state index in [1.54, 1.807) is 0 Å². The second-order valence-corrected chi connectivity index (χ2v) is 14.5. The number of hydrogen-bond donors (Lipinski definition) is 0. The number of rotatable bonds is 6. The molecule has 11 aromatic rings. The zero-order valence-electron chi connectivity index (χ0n) is 35.7. The van der Waals surface area contributed by atoms with Gasteiger partial charge in [-0.2, -0.15) is 0 Å². The first kappa shape index (κ1) is 26.5. The Kier molecular flexibility index (Phi) is 6.29. The van der Waals surface area contributed by atoms with E-state index in [9.17, 15) is 2.74 Å². The molecule has 56 heavy (non-hydrogen) atoms. The van der Waals surface area contributed by atoms with Crippen LogP contribution in [-0.2, 0) is 0 Å². The topological polar surface area (TPSA) is 43.6 Å². The summed E-state index contributed by atoms with van der Waals surface area (Å²) in [7, 11) is 0. The van der Waals surface area contributed by atoms with Crippen LogP contribution >= 0.6 is 11.3 Å². The summed E-state index contributed by atoms with van der Waals surface area (Å²) in [4.78, 5) is 15.4. The first-order chi connectivity index (χ1) is 30.3. The Balaban J connectivity index is 1.25. The normalized spacial score (nSPS) is 13.1. The van der Waals surface area contributed by atoms with Gasteiger partial charge in [-0.05, 0) is 47.5 Å². The van der Waals surface area contributed by atoms with Crippen molar-refractivity contribution in [3.05, 3.63) is 194 Å². The zero-order valence-corrected chi connectivity index (χ0v) is 30.5. The number of thiophene rings is 1. The van der Waals surface area contributed by atoms with Crippen LogP contribution in [0.2, 0.25) is 0 Å². The van der Waals surface area contributed by atoms with Crippen molar-refractivity contribution in [1.82, 2.24) is 19.5 Å². The standard InChI is InChI=1S/C51H32N4S/c1-3-16-33(17-4-1)36-20-7-8-24-42(36)51-53-49(34-18-5-2-6-19-34)52-50(54-51)35-30-31-46(55-44-27-12-9-21-37(44)38-22-10-13-28-45(38)55)43(32-35)41-26-15-25-40-39-23-11-14-29-47(39)56-48(40)41/h1-32H/i11D,15D,23D,25D,26D,29D. The number of nitrogens with zero attached hydrogens (tertiary/aromatic N) is 4. The molecule has 0 aliphatic rings. The minimum absolute atomic E-state index is 0.0592. The average Bonchev–Trinajstić information content (AvgIpc) is 3.88. The van der Waals surface area contributed by atoms with Crippen molar-refractivity contribution >= 4 is 53.3 Å². The lowest BCUT2D eigenvalue weighted by molar-refractivity contribution is 1.07. The Bertz CT molecular complexity index is 3550. The molecule has 0 saturated heterocycles. The molecule has 0 aliphatic heterocycles. The highest BCUT2D eigenvalue weighted by Crippen LogP contribution is 2.44. The minimum Gasteiger partial charge on any atom is -0.309 e. The number of hydrogen-bond acceptors (Lipinski definition) is 4. The predicted molar refractivity (Wildman–Crippen MR) is 234 cm³/mol. The molecule has 0 bridgehead atoms. The van der Waals surface area contributed by atoms with Crippen molar-refractivity contribution in [3.63, 3.8) is 0 Å². The molecule has 0 atom stereocenters. The van der Waals surface area contributed by atoms with Gasteiger partial charge in [0.1, 0.15) is 0 Å². The van der Waals surface area contributed by atoms with Crippen molar-refractivity contribution in [2.24, 2.45) is 0 Å². The molecule has 5 heteroatoms. The summed E-state index contributed by atoms with van der Waals surface area (Å²) in [6, 6.07) is 50.7. The lowest BCUT2D eigenvalue weighted by atomic mass is 9.97. The van der Waals surface area contributed by atoms with Crippen LogP contribution in [-0.4, -0.2) is 19.5 Å². The van der Waals surface area contributed by atoms with Crippen LogP contribution in [0.3, 0.4) is 0 Å². The monoisotopic (exact) mass is 738 g/mol. The van der Waals surface area contributed by atoms with Crippen molar-refractivity contribution in [1.29, 1.82) is 0 Å². The third kappa shape index (κ3) is 5.32. The van der Waals surface area contributed by atoms with Gasteiger partial charge in [-0.15, -0.1) is 11.3 Å². The fourth-order valence-electron chi connectivity index (χ4n) is 7.70. The summed E-state index contributed by atoms with van der Waals surface area (Å²) in [5, 5.41) is 2.67. The molecule has 0 saturated carbocycles. The van der Waals surface area contributed by atoms with Gasteiger partial charge in [0, 0.05) is 58.8 Å². The number of para-hydroxylation sites is 2. The van der Waals surface area contributed by atoms with Crippen LogP contribution in [0.4, 0.5) is 0 Å². The first-order valence-electron chi connectivity index (χ1n) is 21.3. The highest BCUT2D eigenvalue weighted by atomic mass is 32.1. The zero-order chi connectivity index (χ0) is 42.2. The molecule has 262 valence electrons. The van der Waals surface area contributed by atoms with Crippen molar-refractivity contribution in [3.8, 4) is 62.1 Å². The van der Waals surface area contributed by atoms with Gasteiger partial charge < -0.3 is 4.57 Å². The Labute approximate surface area is 336 Å². The largest absolute Gasteiger partial charge is 0.309 e. The van der Waals surface area contributed by atoms with Crippen LogP contribution in [0, 0.1) is 0 Å². The molecule has 3 aromatic heterocycles. The molecule has 11 rings (SSSR count). The Morgan fingerprint density at radius 2 is 1.02 bits per heavy atom. The average molecular weight is 739 g/mol. The highest BCUT2D eigenvalue weighted by molar-refractivity contribution is 7.26. The van der Waals surface area contributed by atoms with E-state index in [0.29, 0.717) is 48.9 Å². The molecule has 3 heterocycles. The smallest absolute Gasteiger partial charge is 0.164 e. The van der Waals surface area contributed by atoms with Crippen molar-refractivity contribution < 1.29 is 8.22 Å². The van der Waals surface area contributed by atoms with Gasteiger partial charge in [0.05, 0.1) is 24.9 Å². The summed E-state index contributed by atoms with van der Waals surface area (Å²) in [5.74, 6) is 1.37. The SMILES string of the molecule is [2H]c1cc([2H])c2sc3c(-c4cc(-c5nc(-c6ccccc6)nc(-c6ccccc6-c6ccccc6)n5)ccc4-n4c5ccccc5c5ccccc54)c([2H])c([2H])c([2H])c3c2c1[2H]. The first-order valence-corrected chi connectivity index (χ1v) is 19.1. The van der Waals surface area contributed by atoms with E-state index in [2.05, 4.69) is 47.0 Å². The van der Waals surface area contributed by atoms with Gasteiger partial charge in [-0.25, -0.2) is 15.0 Å². The van der Waals surface area contributed by atoms with E-state index in [1.165, 1.54) is 17.4 Å². The third-order valence-electron chi connectivity index (χ3n) is 10.2. The summed E-state index contributed by atoms with van der Waals surface area (Å²) in [6.07, 6.45) is 0. The minimum atomic E-state index is -0.307. The third-order valence-corrected chi connectivity index (χ3v) is 11.4. The van der Waals surface area contributed by atoms with E-state index in [-0.39, 0.29) is 41.6 Å². The molecular weight excluding hydrogens is 701 g/mol. The number of aromatic nitrogens is 4. The molecule has 8 aromatic carbocycles. The maximum absolute atomic E-state index is 9.62. The lowest BCUT2D eigenvalue weighted by Gasteiger charge is -2.17. The fourth-order valence-corrected chi connectivity index (χ4v) is 8.80. The molecule has 0 radical (unpaired) electrons. The molecule has 0 unspecified atom stereocenters. The van der Waals surface area contributed by atoms with Crippen LogP contribution in [0.25, 0.3) is 104 Å².